The maximum atomic E-state index is 11.6. The molecule has 1 aliphatic rings. The van der Waals surface area contributed by atoms with E-state index in [1.165, 1.54) is 12.4 Å². The molecule has 0 spiro atoms. The van der Waals surface area contributed by atoms with E-state index in [-0.39, 0.29) is 0 Å². The molecule has 0 saturated carbocycles. The molecule has 6 heteroatoms. The van der Waals surface area contributed by atoms with Crippen molar-refractivity contribution in [2.24, 2.45) is 0 Å². The first-order chi connectivity index (χ1) is 8.15. The number of piperazine rings is 1. The van der Waals surface area contributed by atoms with Crippen molar-refractivity contribution in [3.63, 3.8) is 0 Å². The van der Waals surface area contributed by atoms with Crippen LogP contribution in [0.2, 0.25) is 0 Å². The van der Waals surface area contributed by atoms with Crippen molar-refractivity contribution < 1.29 is 9.90 Å². The molecule has 1 atom stereocenters. The van der Waals surface area contributed by atoms with E-state index < -0.39 is 11.5 Å². The summed E-state index contributed by atoms with van der Waals surface area (Å²) in [7, 11) is 0. The summed E-state index contributed by atoms with van der Waals surface area (Å²) in [6, 6.07) is 0. The van der Waals surface area contributed by atoms with Gasteiger partial charge in [-0.2, -0.15) is 0 Å². The summed E-state index contributed by atoms with van der Waals surface area (Å²) in [5.74, 6) is -0.889. The number of aromatic nitrogens is 2. The summed E-state index contributed by atoms with van der Waals surface area (Å²) in [5.41, 5.74) is -0.620. The molecule has 0 bridgehead atoms. The van der Waals surface area contributed by atoms with E-state index in [1.54, 1.807) is 13.1 Å². The Balaban J connectivity index is 2.35. The molecule has 1 saturated heterocycles. The summed E-state index contributed by atoms with van der Waals surface area (Å²) < 4.78 is 0. The minimum Gasteiger partial charge on any atom is -0.480 e. The van der Waals surface area contributed by atoms with E-state index in [0.29, 0.717) is 18.8 Å². The molecule has 0 aromatic carbocycles. The van der Waals surface area contributed by atoms with Crippen molar-refractivity contribution in [3.05, 3.63) is 24.3 Å². The van der Waals surface area contributed by atoms with Gasteiger partial charge >= 0.3 is 5.97 Å². The first-order valence-electron chi connectivity index (χ1n) is 5.61. The SMILES string of the molecule is CC(C(=O)O)(c1cnccn1)N1CCNCC1. The Kier molecular flexibility index (Phi) is 3.35. The van der Waals surface area contributed by atoms with Gasteiger partial charge in [0.1, 0.15) is 0 Å². The molecule has 1 unspecified atom stereocenters. The highest BCUT2D eigenvalue weighted by atomic mass is 16.4. The van der Waals surface area contributed by atoms with Crippen LogP contribution in [0.5, 0.6) is 0 Å². The second-order valence-corrected chi connectivity index (χ2v) is 4.21. The van der Waals surface area contributed by atoms with Gasteiger partial charge in [0.05, 0.1) is 11.9 Å². The second-order valence-electron chi connectivity index (χ2n) is 4.21. The van der Waals surface area contributed by atoms with Crippen molar-refractivity contribution in [2.75, 3.05) is 26.2 Å². The lowest BCUT2D eigenvalue weighted by atomic mass is 9.95. The zero-order valence-electron chi connectivity index (χ0n) is 9.76. The predicted octanol–water partition coefficient (Wildman–Crippen LogP) is -0.318. The standard InChI is InChI=1S/C11H16N4O2/c1-11(10(16)17,9-8-13-2-3-14-9)15-6-4-12-5-7-15/h2-3,8,12H,4-7H2,1H3,(H,16,17). The lowest BCUT2D eigenvalue weighted by Gasteiger charge is -2.39. The third kappa shape index (κ3) is 2.13. The van der Waals surface area contributed by atoms with Crippen LogP contribution >= 0.6 is 0 Å². The summed E-state index contributed by atoms with van der Waals surface area (Å²) in [5, 5.41) is 12.7. The van der Waals surface area contributed by atoms with Crippen LogP contribution in [0.4, 0.5) is 0 Å². The van der Waals surface area contributed by atoms with Crippen LogP contribution in [0.15, 0.2) is 18.6 Å². The maximum Gasteiger partial charge on any atom is 0.330 e. The Morgan fingerprint density at radius 2 is 2.18 bits per heavy atom. The number of carboxylic acid groups (broad SMARTS) is 1. The number of rotatable bonds is 3. The van der Waals surface area contributed by atoms with Crippen LogP contribution in [0.25, 0.3) is 0 Å². The van der Waals surface area contributed by atoms with Crippen molar-refractivity contribution >= 4 is 5.97 Å². The van der Waals surface area contributed by atoms with Crippen molar-refractivity contribution in [3.8, 4) is 0 Å². The highest BCUT2D eigenvalue weighted by Gasteiger charge is 2.43. The molecular weight excluding hydrogens is 220 g/mol. The molecule has 2 heterocycles. The highest BCUT2D eigenvalue weighted by Crippen LogP contribution is 2.26. The number of nitrogens with one attached hydrogen (secondary N) is 1. The largest absolute Gasteiger partial charge is 0.480 e. The van der Waals surface area contributed by atoms with Crippen LogP contribution in [0.1, 0.15) is 12.6 Å². The Morgan fingerprint density at radius 1 is 1.47 bits per heavy atom. The molecule has 0 amide bonds. The number of carboxylic acids is 1. The maximum absolute atomic E-state index is 11.6. The van der Waals surface area contributed by atoms with Crippen LogP contribution in [0, 0.1) is 0 Å². The number of hydrogen-bond acceptors (Lipinski definition) is 5. The first kappa shape index (κ1) is 11.9. The van der Waals surface area contributed by atoms with Gasteiger partial charge in [-0.05, 0) is 6.92 Å². The molecule has 2 rings (SSSR count). The lowest BCUT2D eigenvalue weighted by Crippen LogP contribution is -2.57. The summed E-state index contributed by atoms with van der Waals surface area (Å²) >= 11 is 0. The third-order valence-electron chi connectivity index (χ3n) is 3.23. The average molecular weight is 236 g/mol. The topological polar surface area (TPSA) is 78.3 Å². The van der Waals surface area contributed by atoms with E-state index in [2.05, 4.69) is 15.3 Å². The minimum atomic E-state index is -1.10. The lowest BCUT2D eigenvalue weighted by molar-refractivity contribution is -0.152. The van der Waals surface area contributed by atoms with Gasteiger partial charge in [0, 0.05) is 38.6 Å². The Bertz CT molecular complexity index is 392. The van der Waals surface area contributed by atoms with E-state index >= 15 is 0 Å². The molecule has 0 radical (unpaired) electrons. The first-order valence-corrected chi connectivity index (χ1v) is 5.61. The van der Waals surface area contributed by atoms with Gasteiger partial charge in [-0.25, -0.2) is 4.79 Å². The Hall–Kier alpha value is -1.53. The number of hydrogen-bond donors (Lipinski definition) is 2. The minimum absolute atomic E-state index is 0.481. The summed E-state index contributed by atoms with van der Waals surface area (Å²) in [6.45, 7) is 4.66. The summed E-state index contributed by atoms with van der Waals surface area (Å²) in [4.78, 5) is 21.6. The fourth-order valence-electron chi connectivity index (χ4n) is 2.07. The van der Waals surface area contributed by atoms with Crippen LogP contribution in [0.3, 0.4) is 0 Å². The smallest absolute Gasteiger partial charge is 0.330 e. The zero-order valence-corrected chi connectivity index (χ0v) is 9.76. The molecule has 1 fully saturated rings. The number of aliphatic carboxylic acids is 1. The van der Waals surface area contributed by atoms with Crippen LogP contribution < -0.4 is 5.32 Å². The van der Waals surface area contributed by atoms with Crippen LogP contribution in [-0.2, 0) is 10.3 Å². The number of carbonyl (C=O) groups is 1. The second kappa shape index (κ2) is 4.77. The molecule has 1 aromatic rings. The molecular formula is C11H16N4O2. The normalized spacial score (nSPS) is 20.8. The predicted molar refractivity (Wildman–Crippen MR) is 61.5 cm³/mol. The molecule has 1 aliphatic heterocycles. The van der Waals surface area contributed by atoms with Gasteiger partial charge in [-0.1, -0.05) is 0 Å². The fourth-order valence-corrected chi connectivity index (χ4v) is 2.07. The average Bonchev–Trinajstić information content (AvgIpc) is 2.39. The van der Waals surface area contributed by atoms with Gasteiger partial charge in [0.15, 0.2) is 5.54 Å². The van der Waals surface area contributed by atoms with E-state index in [1.807, 2.05) is 4.90 Å². The van der Waals surface area contributed by atoms with E-state index in [9.17, 15) is 9.90 Å². The molecule has 17 heavy (non-hydrogen) atoms. The van der Waals surface area contributed by atoms with Gasteiger partial charge in [-0.3, -0.25) is 14.9 Å². The van der Waals surface area contributed by atoms with Gasteiger partial charge in [0.25, 0.3) is 0 Å². The van der Waals surface area contributed by atoms with Crippen LogP contribution in [-0.4, -0.2) is 52.1 Å². The van der Waals surface area contributed by atoms with Gasteiger partial charge in [0.2, 0.25) is 0 Å². The monoisotopic (exact) mass is 236 g/mol. The van der Waals surface area contributed by atoms with E-state index in [0.717, 1.165) is 13.1 Å². The number of nitrogens with zero attached hydrogens (tertiary/aromatic N) is 3. The molecule has 2 N–H and O–H groups in total. The van der Waals surface area contributed by atoms with Crippen molar-refractivity contribution in [1.82, 2.24) is 20.2 Å². The Morgan fingerprint density at radius 3 is 2.71 bits per heavy atom. The quantitative estimate of drug-likeness (QED) is 0.749. The molecule has 6 nitrogen and oxygen atoms in total. The highest BCUT2D eigenvalue weighted by molar-refractivity contribution is 5.79. The molecule has 1 aromatic heterocycles. The summed E-state index contributed by atoms with van der Waals surface area (Å²) in [6.07, 6.45) is 4.60. The van der Waals surface area contributed by atoms with E-state index in [4.69, 9.17) is 0 Å². The molecule has 0 aliphatic carbocycles. The fraction of sp³-hybridized carbons (Fsp3) is 0.545. The van der Waals surface area contributed by atoms with Gasteiger partial charge < -0.3 is 10.4 Å². The van der Waals surface area contributed by atoms with Crippen molar-refractivity contribution in [1.29, 1.82) is 0 Å². The van der Waals surface area contributed by atoms with Crippen molar-refractivity contribution in [2.45, 2.75) is 12.5 Å². The Labute approximate surface area is 99.7 Å². The molecule has 92 valence electrons. The third-order valence-corrected chi connectivity index (χ3v) is 3.23. The zero-order chi connectivity index (χ0) is 12.3. The van der Waals surface area contributed by atoms with Gasteiger partial charge in [-0.15, -0.1) is 0 Å².